The van der Waals surface area contributed by atoms with E-state index in [1.54, 1.807) is 24.3 Å². The van der Waals surface area contributed by atoms with Gasteiger partial charge in [0.05, 0.1) is 17.1 Å². The normalized spacial score (nSPS) is 25.7. The van der Waals surface area contributed by atoms with Crippen LogP contribution in [0.15, 0.2) is 54.6 Å². The van der Waals surface area contributed by atoms with Gasteiger partial charge in [-0.3, -0.25) is 9.69 Å². The summed E-state index contributed by atoms with van der Waals surface area (Å²) in [5.41, 5.74) is 1.14. The van der Waals surface area contributed by atoms with Crippen LogP contribution in [0.2, 0.25) is 0 Å². The van der Waals surface area contributed by atoms with Crippen molar-refractivity contribution in [1.82, 2.24) is 4.90 Å². The molecule has 3 amide bonds. The molecule has 2 aliphatic heterocycles. The number of hydrogen-bond acceptors (Lipinski definition) is 3. The molecule has 2 aromatic carbocycles. The first-order valence-electron chi connectivity index (χ1n) is 7.59. The van der Waals surface area contributed by atoms with E-state index in [2.05, 4.69) is 15.9 Å². The zero-order valence-electron chi connectivity index (χ0n) is 13.0. The first kappa shape index (κ1) is 15.4. The number of benzene rings is 2. The van der Waals surface area contributed by atoms with Crippen LogP contribution in [-0.2, 0) is 16.1 Å². The Labute approximate surface area is 147 Å². The fraction of sp³-hybridized carbons (Fsp3) is 0.222. The first-order chi connectivity index (χ1) is 11.6. The number of para-hydroxylation sites is 1. The molecule has 4 rings (SSSR count). The lowest BCUT2D eigenvalue weighted by Gasteiger charge is -2.42. The average Bonchev–Trinajstić information content (AvgIpc) is 2.84. The van der Waals surface area contributed by atoms with Crippen LogP contribution in [-0.4, -0.2) is 29.7 Å². The van der Waals surface area contributed by atoms with E-state index >= 15 is 0 Å². The van der Waals surface area contributed by atoms with Crippen molar-refractivity contribution in [2.24, 2.45) is 0 Å². The van der Waals surface area contributed by atoms with E-state index in [1.165, 1.54) is 16.9 Å². The van der Waals surface area contributed by atoms with Gasteiger partial charge >= 0.3 is 6.03 Å². The van der Waals surface area contributed by atoms with Gasteiger partial charge in [-0.05, 0) is 23.3 Å². The second kappa shape index (κ2) is 5.43. The number of nitrogens with zero attached hydrogens (tertiary/aromatic N) is 2. The maximum Gasteiger partial charge on any atom is 0.334 e. The minimum absolute atomic E-state index is 0.333. The summed E-state index contributed by atoms with van der Waals surface area (Å²) in [7, 11) is 1.47. The van der Waals surface area contributed by atoms with Crippen molar-refractivity contribution in [3.63, 3.8) is 0 Å². The third-order valence-corrected chi connectivity index (χ3v) is 5.77. The van der Waals surface area contributed by atoms with Crippen LogP contribution < -0.4 is 4.90 Å². The van der Waals surface area contributed by atoms with Crippen LogP contribution in [0.1, 0.15) is 16.0 Å². The number of ether oxygens (including phenoxy) is 1. The Balaban J connectivity index is 1.88. The summed E-state index contributed by atoms with van der Waals surface area (Å²) in [4.78, 5) is 28.5. The third-order valence-electron chi connectivity index (χ3n) is 4.66. The van der Waals surface area contributed by atoms with Crippen LogP contribution in [0.5, 0.6) is 0 Å². The molecular formula is C18H15BrN2O3. The van der Waals surface area contributed by atoms with Crippen LogP contribution in [0.3, 0.4) is 0 Å². The minimum Gasteiger partial charge on any atom is -0.349 e. The molecular weight excluding hydrogens is 372 g/mol. The van der Waals surface area contributed by atoms with Gasteiger partial charge in [-0.15, -0.1) is 0 Å². The summed E-state index contributed by atoms with van der Waals surface area (Å²) in [6, 6.07) is 16.3. The maximum absolute atomic E-state index is 13.2. The van der Waals surface area contributed by atoms with Crippen LogP contribution in [0.4, 0.5) is 10.5 Å². The SMILES string of the molecule is COC12C(=O)N(c3ccccc3)C(=O)N1Cc1ccccc1C2Br. The minimum atomic E-state index is -1.37. The summed E-state index contributed by atoms with van der Waals surface area (Å²) >= 11 is 3.61. The predicted molar refractivity (Wildman–Crippen MR) is 92.7 cm³/mol. The Morgan fingerprint density at radius 3 is 2.46 bits per heavy atom. The van der Waals surface area contributed by atoms with Gasteiger partial charge in [0.2, 0.25) is 5.72 Å². The second-order valence-corrected chi connectivity index (χ2v) is 6.72. The molecule has 0 aliphatic carbocycles. The summed E-state index contributed by atoms with van der Waals surface area (Å²) < 4.78 is 5.67. The highest BCUT2D eigenvalue weighted by Crippen LogP contribution is 2.50. The van der Waals surface area contributed by atoms with E-state index in [-0.39, 0.29) is 11.9 Å². The molecule has 0 radical (unpaired) electrons. The lowest BCUT2D eigenvalue weighted by molar-refractivity contribution is -0.156. The van der Waals surface area contributed by atoms with E-state index in [4.69, 9.17) is 4.74 Å². The zero-order valence-corrected chi connectivity index (χ0v) is 14.6. The Morgan fingerprint density at radius 1 is 1.08 bits per heavy atom. The highest BCUT2D eigenvalue weighted by atomic mass is 79.9. The zero-order chi connectivity index (χ0) is 16.9. The van der Waals surface area contributed by atoms with Gasteiger partial charge in [-0.2, -0.15) is 0 Å². The highest BCUT2D eigenvalue weighted by Gasteiger charge is 2.64. The number of rotatable bonds is 2. The van der Waals surface area contributed by atoms with Crippen molar-refractivity contribution >= 4 is 33.6 Å². The largest absolute Gasteiger partial charge is 0.349 e. The second-order valence-electron chi connectivity index (χ2n) is 5.81. The molecule has 2 atom stereocenters. The summed E-state index contributed by atoms with van der Waals surface area (Å²) in [6.45, 7) is 0.333. The molecule has 5 nitrogen and oxygen atoms in total. The number of carbonyl (C=O) groups is 2. The van der Waals surface area contributed by atoms with Crippen LogP contribution in [0, 0.1) is 0 Å². The highest BCUT2D eigenvalue weighted by molar-refractivity contribution is 9.09. The molecule has 24 heavy (non-hydrogen) atoms. The molecule has 0 saturated carbocycles. The standard InChI is InChI=1S/C18H15BrN2O3/c1-24-18-15(19)14-10-6-5-7-12(14)11-20(18)17(23)21(16(18)22)13-8-3-2-4-9-13/h2-10,15H,11H2,1H3. The van der Waals surface area contributed by atoms with E-state index in [1.807, 2.05) is 30.3 Å². The van der Waals surface area contributed by atoms with Crippen molar-refractivity contribution in [1.29, 1.82) is 0 Å². The molecule has 0 N–H and O–H groups in total. The topological polar surface area (TPSA) is 49.9 Å². The molecule has 6 heteroatoms. The van der Waals surface area contributed by atoms with Gasteiger partial charge in [-0.25, -0.2) is 9.69 Å². The van der Waals surface area contributed by atoms with E-state index < -0.39 is 10.6 Å². The number of amides is 3. The van der Waals surface area contributed by atoms with Gasteiger partial charge < -0.3 is 4.74 Å². The monoisotopic (exact) mass is 386 g/mol. The van der Waals surface area contributed by atoms with Gasteiger partial charge in [0, 0.05) is 7.11 Å². The molecule has 2 aliphatic rings. The molecule has 122 valence electrons. The van der Waals surface area contributed by atoms with E-state index in [0.29, 0.717) is 12.2 Å². The molecule has 2 heterocycles. The van der Waals surface area contributed by atoms with Crippen molar-refractivity contribution in [3.8, 4) is 0 Å². The van der Waals surface area contributed by atoms with Crippen molar-refractivity contribution < 1.29 is 14.3 Å². The smallest absolute Gasteiger partial charge is 0.334 e. The van der Waals surface area contributed by atoms with Crippen molar-refractivity contribution in [2.45, 2.75) is 17.1 Å². The average molecular weight is 387 g/mol. The lowest BCUT2D eigenvalue weighted by atomic mass is 9.91. The molecule has 1 saturated heterocycles. The number of alkyl halides is 1. The third kappa shape index (κ3) is 1.84. The quantitative estimate of drug-likeness (QED) is 0.586. The number of halogens is 1. The molecule has 0 spiro atoms. The number of urea groups is 1. The summed E-state index contributed by atoms with van der Waals surface area (Å²) in [5, 5.41) is 0. The number of methoxy groups -OCH3 is 1. The van der Waals surface area contributed by atoms with E-state index in [0.717, 1.165) is 11.1 Å². The molecule has 0 bridgehead atoms. The van der Waals surface area contributed by atoms with Crippen molar-refractivity contribution in [2.75, 3.05) is 12.0 Å². The van der Waals surface area contributed by atoms with Gasteiger partial charge in [-0.1, -0.05) is 58.4 Å². The maximum atomic E-state index is 13.2. The number of fused-ring (bicyclic) bond motifs is 2. The number of imide groups is 1. The van der Waals surface area contributed by atoms with Gasteiger partial charge in [0.25, 0.3) is 5.91 Å². The number of hydrogen-bond donors (Lipinski definition) is 0. The summed E-state index contributed by atoms with van der Waals surface area (Å²) in [5.74, 6) is -0.377. The Bertz CT molecular complexity index is 826. The van der Waals surface area contributed by atoms with Crippen molar-refractivity contribution in [3.05, 3.63) is 65.7 Å². The van der Waals surface area contributed by atoms with Crippen LogP contribution in [0.25, 0.3) is 0 Å². The van der Waals surface area contributed by atoms with Gasteiger partial charge in [0.15, 0.2) is 0 Å². The fourth-order valence-corrected chi connectivity index (χ4v) is 4.54. The Hall–Kier alpha value is -2.18. The molecule has 2 unspecified atom stereocenters. The molecule has 2 aromatic rings. The molecule has 1 fully saturated rings. The first-order valence-corrected chi connectivity index (χ1v) is 8.51. The predicted octanol–water partition coefficient (Wildman–Crippen LogP) is 3.45. The molecule has 0 aromatic heterocycles. The lowest BCUT2D eigenvalue weighted by Crippen LogP contribution is -2.56. The van der Waals surface area contributed by atoms with Gasteiger partial charge in [0.1, 0.15) is 0 Å². The summed E-state index contributed by atoms with van der Waals surface area (Å²) in [6.07, 6.45) is 0. The Kier molecular flexibility index (Phi) is 3.47. The fourth-order valence-electron chi connectivity index (χ4n) is 3.47. The van der Waals surface area contributed by atoms with Crippen LogP contribution >= 0.6 is 15.9 Å². The van der Waals surface area contributed by atoms with E-state index in [9.17, 15) is 9.59 Å². The Morgan fingerprint density at radius 2 is 1.75 bits per heavy atom. The number of anilines is 1. The number of carbonyl (C=O) groups excluding carboxylic acids is 2.